The molecule has 0 aliphatic carbocycles. The second-order valence-corrected chi connectivity index (χ2v) is 4.22. The van der Waals surface area contributed by atoms with Crippen molar-refractivity contribution >= 4 is 34.2 Å². The normalized spacial score (nSPS) is 12.6. The molecule has 5 nitrogen and oxygen atoms in total. The Bertz CT molecular complexity index is 448. The van der Waals surface area contributed by atoms with E-state index in [-0.39, 0.29) is 11.5 Å². The average Bonchev–Trinajstić information content (AvgIpc) is 2.20. The Morgan fingerprint density at radius 2 is 1.94 bits per heavy atom. The number of azo groups is 1. The first-order valence-electron chi connectivity index (χ1n) is 4.37. The molecule has 84 valence electrons. The molecule has 0 saturated heterocycles. The molecule has 1 aromatic carbocycles. The lowest BCUT2D eigenvalue weighted by atomic mass is 10.3. The lowest BCUT2D eigenvalue weighted by Crippen LogP contribution is -2.13. The molecule has 0 atom stereocenters. The topological polar surface area (TPSA) is 88.0 Å². The number of primary amides is 1. The Morgan fingerprint density at radius 3 is 2.38 bits per heavy atom. The van der Waals surface area contributed by atoms with Gasteiger partial charge >= 0.3 is 0 Å². The highest BCUT2D eigenvalue weighted by atomic mass is 127. The molecule has 1 rings (SSSR count). The molecule has 0 radical (unpaired) electrons. The zero-order valence-corrected chi connectivity index (χ0v) is 10.7. The first-order chi connectivity index (χ1) is 7.50. The first-order valence-corrected chi connectivity index (χ1v) is 5.45. The second-order valence-electron chi connectivity index (χ2n) is 2.97. The SMILES string of the molecule is C/C(O)=C(\N=Nc1ccc(I)cc1)C(N)=O. The number of halogens is 1. The van der Waals surface area contributed by atoms with Crippen molar-refractivity contribution in [2.75, 3.05) is 0 Å². The van der Waals surface area contributed by atoms with E-state index in [1.165, 1.54) is 6.92 Å². The van der Waals surface area contributed by atoms with Crippen LogP contribution in [-0.4, -0.2) is 11.0 Å². The molecule has 0 saturated carbocycles. The number of nitrogens with two attached hydrogens (primary N) is 1. The number of carbonyl (C=O) groups excluding carboxylic acids is 1. The lowest BCUT2D eigenvalue weighted by Gasteiger charge is -1.96. The van der Waals surface area contributed by atoms with E-state index in [4.69, 9.17) is 10.8 Å². The smallest absolute Gasteiger partial charge is 0.272 e. The van der Waals surface area contributed by atoms with Crippen LogP contribution in [0.15, 0.2) is 46.0 Å². The molecule has 1 amide bonds. The van der Waals surface area contributed by atoms with Crippen LogP contribution in [0.25, 0.3) is 0 Å². The summed E-state index contributed by atoms with van der Waals surface area (Å²) in [5.41, 5.74) is 5.36. The summed E-state index contributed by atoms with van der Waals surface area (Å²) in [7, 11) is 0. The number of aliphatic hydroxyl groups is 1. The fourth-order valence-electron chi connectivity index (χ4n) is 0.915. The van der Waals surface area contributed by atoms with Crippen LogP contribution >= 0.6 is 22.6 Å². The maximum Gasteiger partial charge on any atom is 0.272 e. The molecule has 0 aliphatic heterocycles. The Balaban J connectivity index is 2.92. The van der Waals surface area contributed by atoms with E-state index >= 15 is 0 Å². The number of rotatable bonds is 3. The maximum atomic E-state index is 10.9. The number of hydrogen-bond acceptors (Lipinski definition) is 4. The van der Waals surface area contributed by atoms with Crippen molar-refractivity contribution in [3.63, 3.8) is 0 Å². The van der Waals surface area contributed by atoms with E-state index in [2.05, 4.69) is 32.8 Å². The zero-order valence-electron chi connectivity index (χ0n) is 8.51. The summed E-state index contributed by atoms with van der Waals surface area (Å²) in [4.78, 5) is 10.9. The predicted octanol–water partition coefficient (Wildman–Crippen LogP) is 2.65. The minimum Gasteiger partial charge on any atom is -0.510 e. The molecule has 6 heteroatoms. The number of hydrogen-bond donors (Lipinski definition) is 2. The summed E-state index contributed by atoms with van der Waals surface area (Å²) in [6, 6.07) is 7.20. The van der Waals surface area contributed by atoms with Crippen molar-refractivity contribution in [1.29, 1.82) is 0 Å². The third kappa shape index (κ3) is 3.61. The van der Waals surface area contributed by atoms with E-state index in [9.17, 15) is 4.79 Å². The third-order valence-electron chi connectivity index (χ3n) is 1.67. The van der Waals surface area contributed by atoms with Crippen LogP contribution in [0.1, 0.15) is 6.92 Å². The van der Waals surface area contributed by atoms with Crippen molar-refractivity contribution in [2.24, 2.45) is 16.0 Å². The summed E-state index contributed by atoms with van der Waals surface area (Å²) in [6.07, 6.45) is 0. The second kappa shape index (κ2) is 5.59. The number of carbonyl (C=O) groups is 1. The van der Waals surface area contributed by atoms with Crippen LogP contribution in [0.2, 0.25) is 0 Å². The van der Waals surface area contributed by atoms with Crippen LogP contribution in [0.5, 0.6) is 0 Å². The van der Waals surface area contributed by atoms with Crippen molar-refractivity contribution in [3.05, 3.63) is 39.3 Å². The van der Waals surface area contributed by atoms with Gasteiger partial charge in [-0.3, -0.25) is 4.79 Å². The first kappa shape index (κ1) is 12.6. The summed E-state index contributed by atoms with van der Waals surface area (Å²) >= 11 is 2.16. The minimum absolute atomic E-state index is 0.237. The maximum absolute atomic E-state index is 10.9. The van der Waals surface area contributed by atoms with Crippen molar-refractivity contribution in [1.82, 2.24) is 0 Å². The molecule has 3 N–H and O–H groups in total. The van der Waals surface area contributed by atoms with Gasteiger partial charge in [-0.2, -0.15) is 5.11 Å². The molecule has 0 aromatic heterocycles. The Kier molecular flexibility index (Phi) is 4.41. The Morgan fingerprint density at radius 1 is 1.38 bits per heavy atom. The quantitative estimate of drug-likeness (QED) is 0.386. The van der Waals surface area contributed by atoms with Gasteiger partial charge in [-0.05, 0) is 53.8 Å². The fourth-order valence-corrected chi connectivity index (χ4v) is 1.28. The summed E-state index contributed by atoms with van der Waals surface area (Å²) < 4.78 is 1.07. The number of aliphatic hydroxyl groups excluding tert-OH is 1. The monoisotopic (exact) mass is 331 g/mol. The van der Waals surface area contributed by atoms with Gasteiger partial charge in [0.25, 0.3) is 5.91 Å². The number of nitrogens with zero attached hydrogens (tertiary/aromatic N) is 2. The molecular formula is C10H10IN3O2. The molecule has 0 bridgehead atoms. The number of allylic oxidation sites excluding steroid dienone is 1. The van der Waals surface area contributed by atoms with Crippen LogP contribution in [-0.2, 0) is 4.79 Å². The fraction of sp³-hybridized carbons (Fsp3) is 0.100. The zero-order chi connectivity index (χ0) is 12.1. The van der Waals surface area contributed by atoms with E-state index in [1.807, 2.05) is 12.1 Å². The van der Waals surface area contributed by atoms with Crippen molar-refractivity contribution in [2.45, 2.75) is 6.92 Å². The largest absolute Gasteiger partial charge is 0.510 e. The lowest BCUT2D eigenvalue weighted by molar-refractivity contribution is -0.114. The van der Waals surface area contributed by atoms with Gasteiger partial charge in [0, 0.05) is 3.57 Å². The third-order valence-corrected chi connectivity index (χ3v) is 2.39. The highest BCUT2D eigenvalue weighted by Crippen LogP contribution is 2.16. The Labute approximate surface area is 106 Å². The van der Waals surface area contributed by atoms with Crippen molar-refractivity contribution < 1.29 is 9.90 Å². The molecule has 0 heterocycles. The number of amides is 1. The molecule has 0 spiro atoms. The van der Waals surface area contributed by atoms with Crippen molar-refractivity contribution in [3.8, 4) is 0 Å². The van der Waals surface area contributed by atoms with Crippen LogP contribution in [0, 0.1) is 3.57 Å². The molecule has 0 fully saturated rings. The molecule has 16 heavy (non-hydrogen) atoms. The van der Waals surface area contributed by atoms with Gasteiger partial charge < -0.3 is 10.8 Å². The summed E-state index contributed by atoms with van der Waals surface area (Å²) in [5.74, 6) is -1.06. The average molecular weight is 331 g/mol. The highest BCUT2D eigenvalue weighted by Gasteiger charge is 2.07. The van der Waals surface area contributed by atoms with Crippen LogP contribution in [0.4, 0.5) is 5.69 Å². The van der Waals surface area contributed by atoms with Crippen LogP contribution in [0.3, 0.4) is 0 Å². The van der Waals surface area contributed by atoms with E-state index in [1.54, 1.807) is 12.1 Å². The molecule has 1 aromatic rings. The van der Waals surface area contributed by atoms with Gasteiger partial charge in [0.2, 0.25) is 0 Å². The van der Waals surface area contributed by atoms with Gasteiger partial charge in [0.1, 0.15) is 5.76 Å². The van der Waals surface area contributed by atoms with Gasteiger partial charge in [-0.15, -0.1) is 5.11 Å². The van der Waals surface area contributed by atoms with E-state index in [0.717, 1.165) is 3.57 Å². The Hall–Kier alpha value is -1.44. The molecule has 0 aliphatic rings. The molecule has 0 unspecified atom stereocenters. The highest BCUT2D eigenvalue weighted by molar-refractivity contribution is 14.1. The summed E-state index contributed by atoms with van der Waals surface area (Å²) in [6.45, 7) is 1.33. The van der Waals surface area contributed by atoms with Crippen LogP contribution < -0.4 is 5.73 Å². The van der Waals surface area contributed by atoms with E-state index in [0.29, 0.717) is 5.69 Å². The van der Waals surface area contributed by atoms with Gasteiger partial charge in [-0.1, -0.05) is 0 Å². The number of benzene rings is 1. The standard InChI is InChI=1S/C10H10IN3O2/c1-6(15)9(10(12)16)14-13-8-4-2-7(11)3-5-8/h2-5,15H,1H3,(H2,12,16)/b9-6+,14-13?. The minimum atomic E-state index is -0.811. The van der Waals surface area contributed by atoms with Gasteiger partial charge in [0.15, 0.2) is 5.70 Å². The van der Waals surface area contributed by atoms with E-state index < -0.39 is 5.91 Å². The summed E-state index contributed by atoms with van der Waals surface area (Å²) in [5, 5.41) is 16.5. The predicted molar refractivity (Wildman–Crippen MR) is 68.2 cm³/mol. The molecular weight excluding hydrogens is 321 g/mol. The van der Waals surface area contributed by atoms with Gasteiger partial charge in [0.05, 0.1) is 5.69 Å². The van der Waals surface area contributed by atoms with Gasteiger partial charge in [-0.25, -0.2) is 0 Å².